The summed E-state index contributed by atoms with van der Waals surface area (Å²) >= 11 is 7.02. The molecule has 5 rings (SSSR count). The summed E-state index contributed by atoms with van der Waals surface area (Å²) in [4.78, 5) is 17.3. The Balaban J connectivity index is 1.21. The highest BCUT2D eigenvalue weighted by molar-refractivity contribution is 7.80. The first kappa shape index (κ1) is 21.9. The summed E-state index contributed by atoms with van der Waals surface area (Å²) in [6, 6.07) is 31.7. The van der Waals surface area contributed by atoms with Gasteiger partial charge in [0.15, 0.2) is 5.11 Å². The highest BCUT2D eigenvalue weighted by Crippen LogP contribution is 2.31. The minimum Gasteiger partial charge on any atom is -0.332 e. The molecule has 0 saturated heterocycles. The fraction of sp³-hybridized carbons (Fsp3) is 0.0357. The molecular formula is C28H21N3OS2. The lowest BCUT2D eigenvalue weighted by Gasteiger charge is -2.10. The number of thiazole rings is 1. The van der Waals surface area contributed by atoms with E-state index in [0.29, 0.717) is 5.56 Å². The van der Waals surface area contributed by atoms with Crippen LogP contribution >= 0.6 is 23.6 Å². The van der Waals surface area contributed by atoms with Gasteiger partial charge in [0.05, 0.1) is 10.2 Å². The number of aryl methyl sites for hydroxylation is 1. The van der Waals surface area contributed by atoms with Gasteiger partial charge in [0.25, 0.3) is 5.91 Å². The van der Waals surface area contributed by atoms with Gasteiger partial charge in [0, 0.05) is 16.8 Å². The van der Waals surface area contributed by atoms with Gasteiger partial charge in [-0.2, -0.15) is 0 Å². The van der Waals surface area contributed by atoms with Crippen molar-refractivity contribution in [2.45, 2.75) is 6.92 Å². The van der Waals surface area contributed by atoms with E-state index in [1.807, 2.05) is 66.7 Å². The van der Waals surface area contributed by atoms with Crippen molar-refractivity contribution < 1.29 is 4.79 Å². The molecule has 5 aromatic rings. The molecule has 0 spiro atoms. The van der Waals surface area contributed by atoms with Gasteiger partial charge in [-0.3, -0.25) is 10.1 Å². The molecule has 2 N–H and O–H groups in total. The number of fused-ring (bicyclic) bond motifs is 1. The van der Waals surface area contributed by atoms with Gasteiger partial charge < -0.3 is 5.32 Å². The Hall–Kier alpha value is -3.87. The predicted octanol–water partition coefficient (Wildman–Crippen LogP) is 7.07. The van der Waals surface area contributed by atoms with Crippen molar-refractivity contribution in [3.05, 3.63) is 108 Å². The van der Waals surface area contributed by atoms with Crippen LogP contribution in [0, 0.1) is 6.92 Å². The number of carbonyl (C=O) groups is 1. The number of rotatable bonds is 4. The summed E-state index contributed by atoms with van der Waals surface area (Å²) < 4.78 is 1.18. The molecule has 0 fully saturated rings. The quantitative estimate of drug-likeness (QED) is 0.271. The lowest BCUT2D eigenvalue weighted by Crippen LogP contribution is -2.34. The second-order valence-electron chi connectivity index (χ2n) is 7.92. The Labute approximate surface area is 207 Å². The molecule has 34 heavy (non-hydrogen) atoms. The Morgan fingerprint density at radius 1 is 0.824 bits per heavy atom. The molecule has 1 aromatic heterocycles. The fourth-order valence-electron chi connectivity index (χ4n) is 3.63. The Kier molecular flexibility index (Phi) is 6.16. The van der Waals surface area contributed by atoms with Crippen LogP contribution < -0.4 is 10.6 Å². The van der Waals surface area contributed by atoms with E-state index in [9.17, 15) is 4.79 Å². The van der Waals surface area contributed by atoms with Gasteiger partial charge in [-0.15, -0.1) is 11.3 Å². The van der Waals surface area contributed by atoms with E-state index in [1.54, 1.807) is 23.5 Å². The van der Waals surface area contributed by atoms with Crippen molar-refractivity contribution in [3.8, 4) is 21.7 Å². The maximum Gasteiger partial charge on any atom is 0.257 e. The number of amides is 1. The Bertz CT molecular complexity index is 1470. The van der Waals surface area contributed by atoms with Crippen molar-refractivity contribution >= 4 is 50.5 Å². The van der Waals surface area contributed by atoms with Crippen LogP contribution in [0.4, 0.5) is 5.69 Å². The third-order valence-corrected chi connectivity index (χ3v) is 6.69. The lowest BCUT2D eigenvalue weighted by molar-refractivity contribution is 0.0978. The minimum atomic E-state index is -0.251. The van der Waals surface area contributed by atoms with E-state index in [4.69, 9.17) is 17.2 Å². The van der Waals surface area contributed by atoms with E-state index >= 15 is 0 Å². The zero-order chi connectivity index (χ0) is 23.5. The van der Waals surface area contributed by atoms with Crippen LogP contribution in [0.1, 0.15) is 15.9 Å². The zero-order valence-electron chi connectivity index (χ0n) is 18.4. The first-order valence-corrected chi connectivity index (χ1v) is 12.0. The van der Waals surface area contributed by atoms with Crippen molar-refractivity contribution in [1.29, 1.82) is 0 Å². The number of hydrogen-bond donors (Lipinski definition) is 2. The van der Waals surface area contributed by atoms with Crippen LogP contribution in [0.25, 0.3) is 31.9 Å². The van der Waals surface area contributed by atoms with Gasteiger partial charge in [0.2, 0.25) is 0 Å². The largest absolute Gasteiger partial charge is 0.332 e. The predicted molar refractivity (Wildman–Crippen MR) is 145 cm³/mol. The number of thiocarbonyl (C=S) groups is 1. The molecule has 4 nitrogen and oxygen atoms in total. The van der Waals surface area contributed by atoms with E-state index < -0.39 is 0 Å². The van der Waals surface area contributed by atoms with E-state index in [-0.39, 0.29) is 11.0 Å². The molecule has 0 unspecified atom stereocenters. The normalized spacial score (nSPS) is 10.7. The number of benzene rings is 4. The lowest BCUT2D eigenvalue weighted by atomic mass is 10.0. The fourth-order valence-corrected chi connectivity index (χ4v) is 4.91. The third kappa shape index (κ3) is 4.88. The monoisotopic (exact) mass is 479 g/mol. The van der Waals surface area contributed by atoms with Crippen LogP contribution in [0.15, 0.2) is 97.1 Å². The number of aromatic nitrogens is 1. The Morgan fingerprint density at radius 3 is 2.24 bits per heavy atom. The van der Waals surface area contributed by atoms with Crippen LogP contribution in [-0.4, -0.2) is 16.0 Å². The van der Waals surface area contributed by atoms with E-state index in [2.05, 4.69) is 35.8 Å². The van der Waals surface area contributed by atoms with Crippen molar-refractivity contribution in [2.24, 2.45) is 0 Å². The highest BCUT2D eigenvalue weighted by atomic mass is 32.1. The molecule has 0 aliphatic heterocycles. The number of carbonyl (C=O) groups excluding carboxylic acids is 1. The molecule has 0 saturated carbocycles. The SMILES string of the molecule is Cc1ccc2nc(-c3ccc(NC(=S)NC(=O)c4ccc(-c5ccccc5)cc4)cc3)sc2c1. The topological polar surface area (TPSA) is 54.0 Å². The molecular weight excluding hydrogens is 458 g/mol. The molecule has 0 bridgehead atoms. The maximum atomic E-state index is 12.6. The second kappa shape index (κ2) is 9.55. The standard InChI is InChI=1S/C28H21N3OS2/c1-18-7-16-24-25(17-18)34-27(30-24)22-12-14-23(15-13-22)29-28(33)31-26(32)21-10-8-20(9-11-21)19-5-3-2-4-6-19/h2-17H,1H3,(H2,29,31,32,33). The van der Waals surface area contributed by atoms with Crippen LogP contribution in [0.5, 0.6) is 0 Å². The van der Waals surface area contributed by atoms with E-state index in [1.165, 1.54) is 10.3 Å². The summed E-state index contributed by atoms with van der Waals surface area (Å²) in [5.74, 6) is -0.251. The van der Waals surface area contributed by atoms with Crippen LogP contribution in [-0.2, 0) is 0 Å². The number of hydrogen-bond acceptors (Lipinski definition) is 4. The van der Waals surface area contributed by atoms with Gasteiger partial charge in [-0.1, -0.05) is 48.5 Å². The van der Waals surface area contributed by atoms with Gasteiger partial charge in [-0.05, 0) is 84.4 Å². The number of nitrogens with zero attached hydrogens (tertiary/aromatic N) is 1. The first-order chi connectivity index (χ1) is 16.5. The molecule has 0 radical (unpaired) electrons. The van der Waals surface area contributed by atoms with Crippen LogP contribution in [0.2, 0.25) is 0 Å². The summed E-state index contributed by atoms with van der Waals surface area (Å²) in [6.07, 6.45) is 0. The maximum absolute atomic E-state index is 12.6. The number of anilines is 1. The van der Waals surface area contributed by atoms with Crippen molar-refractivity contribution in [2.75, 3.05) is 5.32 Å². The van der Waals surface area contributed by atoms with Gasteiger partial charge in [0.1, 0.15) is 5.01 Å². The van der Waals surface area contributed by atoms with Crippen LogP contribution in [0.3, 0.4) is 0 Å². The van der Waals surface area contributed by atoms with Crippen molar-refractivity contribution in [1.82, 2.24) is 10.3 Å². The molecule has 166 valence electrons. The van der Waals surface area contributed by atoms with Gasteiger partial charge >= 0.3 is 0 Å². The summed E-state index contributed by atoms with van der Waals surface area (Å²) in [7, 11) is 0. The third-order valence-electron chi connectivity index (χ3n) is 5.41. The molecule has 1 amide bonds. The molecule has 1 heterocycles. The molecule has 0 aliphatic rings. The van der Waals surface area contributed by atoms with Crippen molar-refractivity contribution in [3.63, 3.8) is 0 Å². The second-order valence-corrected chi connectivity index (χ2v) is 9.36. The highest BCUT2D eigenvalue weighted by Gasteiger charge is 2.10. The minimum absolute atomic E-state index is 0.250. The average Bonchev–Trinajstić information content (AvgIpc) is 3.28. The van der Waals surface area contributed by atoms with E-state index in [0.717, 1.165) is 32.9 Å². The summed E-state index contributed by atoms with van der Waals surface area (Å²) in [5.41, 5.74) is 6.78. The molecule has 6 heteroatoms. The summed E-state index contributed by atoms with van der Waals surface area (Å²) in [5, 5.41) is 7.04. The zero-order valence-corrected chi connectivity index (χ0v) is 20.0. The number of nitrogens with one attached hydrogen (secondary N) is 2. The van der Waals surface area contributed by atoms with Gasteiger partial charge in [-0.25, -0.2) is 4.98 Å². The molecule has 4 aromatic carbocycles. The molecule has 0 atom stereocenters. The average molecular weight is 480 g/mol. The smallest absolute Gasteiger partial charge is 0.257 e. The molecule has 0 aliphatic carbocycles. The first-order valence-electron chi connectivity index (χ1n) is 10.8. The summed E-state index contributed by atoms with van der Waals surface area (Å²) in [6.45, 7) is 2.08. The Morgan fingerprint density at radius 2 is 1.50 bits per heavy atom.